The number of aromatic amines is 1. The van der Waals surface area contributed by atoms with Crippen molar-refractivity contribution < 1.29 is 0 Å². The second-order valence-corrected chi connectivity index (χ2v) is 6.31. The molecule has 0 bridgehead atoms. The molecule has 0 unspecified atom stereocenters. The largest absolute Gasteiger partial charge is 0.281 e. The predicted octanol–water partition coefficient (Wildman–Crippen LogP) is 4.05. The Kier molecular flexibility index (Phi) is 2.13. The summed E-state index contributed by atoms with van der Waals surface area (Å²) in [6.45, 7) is 9.08. The maximum atomic E-state index is 4.47. The van der Waals surface area contributed by atoms with Gasteiger partial charge in [0.2, 0.25) is 0 Å². The summed E-state index contributed by atoms with van der Waals surface area (Å²) in [5.41, 5.74) is 5.52. The zero-order valence-corrected chi connectivity index (χ0v) is 11.1. The fourth-order valence-electron chi connectivity index (χ4n) is 2.87. The number of aryl methyl sites for hydroxylation is 1. The molecule has 2 nitrogen and oxygen atoms in total. The molecule has 1 aliphatic rings. The lowest BCUT2D eigenvalue weighted by atomic mass is 9.81. The maximum Gasteiger partial charge on any atom is 0.0927 e. The van der Waals surface area contributed by atoms with Crippen molar-refractivity contribution in [3.63, 3.8) is 0 Å². The summed E-state index contributed by atoms with van der Waals surface area (Å²) in [4.78, 5) is 0. The van der Waals surface area contributed by atoms with Crippen LogP contribution >= 0.6 is 0 Å². The van der Waals surface area contributed by atoms with Crippen molar-refractivity contribution in [1.29, 1.82) is 0 Å². The smallest absolute Gasteiger partial charge is 0.0927 e. The highest BCUT2D eigenvalue weighted by Gasteiger charge is 2.30. The Morgan fingerprint density at radius 3 is 2.53 bits per heavy atom. The molecule has 2 aromatic rings. The first-order valence-corrected chi connectivity index (χ1v) is 6.46. The third-order valence-electron chi connectivity index (χ3n) is 3.69. The van der Waals surface area contributed by atoms with Gasteiger partial charge in [0.1, 0.15) is 0 Å². The summed E-state index contributed by atoms with van der Waals surface area (Å²) in [6, 6.07) is 4.34. The Bertz CT molecular complexity index is 568. The average Bonchev–Trinajstić information content (AvgIpc) is 2.97. The first-order valence-electron chi connectivity index (χ1n) is 6.46. The lowest BCUT2D eigenvalue weighted by Crippen LogP contribution is -2.14. The van der Waals surface area contributed by atoms with Gasteiger partial charge in [-0.1, -0.05) is 26.8 Å². The van der Waals surface area contributed by atoms with Gasteiger partial charge in [-0.05, 0) is 42.4 Å². The maximum absolute atomic E-state index is 4.47. The first-order chi connectivity index (χ1) is 7.98. The predicted molar refractivity (Wildman–Crippen MR) is 71.5 cm³/mol. The molecule has 0 atom stereocenters. The van der Waals surface area contributed by atoms with Crippen LogP contribution in [0.1, 0.15) is 56.4 Å². The molecular weight excluding hydrogens is 208 g/mol. The number of fused-ring (bicyclic) bond motifs is 1. The summed E-state index contributed by atoms with van der Waals surface area (Å²) in [5, 5.41) is 9.12. The minimum absolute atomic E-state index is 0.178. The molecule has 1 heterocycles. The molecule has 1 N–H and O–H groups in total. The van der Waals surface area contributed by atoms with E-state index in [1.54, 1.807) is 0 Å². The fraction of sp³-hybridized carbons (Fsp3) is 0.533. The molecule has 0 radical (unpaired) electrons. The lowest BCUT2D eigenvalue weighted by Gasteiger charge is -2.23. The van der Waals surface area contributed by atoms with Gasteiger partial charge in [0.15, 0.2) is 0 Å². The van der Waals surface area contributed by atoms with E-state index in [1.807, 2.05) is 0 Å². The lowest BCUT2D eigenvalue weighted by molar-refractivity contribution is 0.591. The average molecular weight is 228 g/mol. The number of H-pyrrole nitrogens is 1. The number of nitrogens with zero attached hydrogens (tertiary/aromatic N) is 1. The van der Waals surface area contributed by atoms with Gasteiger partial charge >= 0.3 is 0 Å². The van der Waals surface area contributed by atoms with E-state index in [2.05, 4.69) is 50.0 Å². The van der Waals surface area contributed by atoms with Crippen LogP contribution in [0, 0.1) is 6.92 Å². The number of nitrogens with one attached hydrogen (secondary N) is 1. The number of benzene rings is 1. The van der Waals surface area contributed by atoms with Gasteiger partial charge < -0.3 is 0 Å². The van der Waals surface area contributed by atoms with Crippen LogP contribution in [-0.2, 0) is 5.41 Å². The molecular formula is C15H20N2. The normalized spacial score (nSPS) is 16.7. The van der Waals surface area contributed by atoms with Gasteiger partial charge in [-0.15, -0.1) is 0 Å². The van der Waals surface area contributed by atoms with Gasteiger partial charge in [-0.3, -0.25) is 5.10 Å². The van der Waals surface area contributed by atoms with Crippen molar-refractivity contribution in [2.24, 2.45) is 0 Å². The highest BCUT2D eigenvalue weighted by Crippen LogP contribution is 2.45. The third-order valence-corrected chi connectivity index (χ3v) is 3.69. The molecule has 2 heteroatoms. The van der Waals surface area contributed by atoms with E-state index in [9.17, 15) is 0 Å². The molecule has 1 saturated carbocycles. The van der Waals surface area contributed by atoms with Crippen molar-refractivity contribution in [3.8, 4) is 0 Å². The standard InChI is InChI=1S/C15H20N2/c1-9-5-8-11-12(13(9)15(2,3)4)14(17-16-11)10-6-7-10/h5,8,10H,6-7H2,1-4H3,(H,16,17). The Balaban J connectivity index is 2.36. The van der Waals surface area contributed by atoms with Crippen molar-refractivity contribution in [1.82, 2.24) is 10.2 Å². The first kappa shape index (κ1) is 10.8. The minimum Gasteiger partial charge on any atom is -0.281 e. The van der Waals surface area contributed by atoms with Crippen LogP contribution in [-0.4, -0.2) is 10.2 Å². The third kappa shape index (κ3) is 1.67. The summed E-state index contributed by atoms with van der Waals surface area (Å²) >= 11 is 0. The molecule has 1 aromatic carbocycles. The molecule has 17 heavy (non-hydrogen) atoms. The molecule has 1 aliphatic carbocycles. The number of rotatable bonds is 1. The fourth-order valence-corrected chi connectivity index (χ4v) is 2.87. The highest BCUT2D eigenvalue weighted by atomic mass is 15.1. The van der Waals surface area contributed by atoms with Crippen LogP contribution in [0.4, 0.5) is 0 Å². The van der Waals surface area contributed by atoms with E-state index in [0.717, 1.165) is 11.4 Å². The second-order valence-electron chi connectivity index (χ2n) is 6.31. The molecule has 1 fully saturated rings. The van der Waals surface area contributed by atoms with E-state index in [1.165, 1.54) is 35.0 Å². The molecule has 0 saturated heterocycles. The van der Waals surface area contributed by atoms with E-state index in [-0.39, 0.29) is 5.41 Å². The van der Waals surface area contributed by atoms with Gasteiger partial charge in [-0.2, -0.15) is 5.10 Å². The van der Waals surface area contributed by atoms with Gasteiger partial charge in [0.25, 0.3) is 0 Å². The molecule has 0 spiro atoms. The van der Waals surface area contributed by atoms with Gasteiger partial charge in [-0.25, -0.2) is 0 Å². The van der Waals surface area contributed by atoms with E-state index in [4.69, 9.17) is 0 Å². The monoisotopic (exact) mass is 228 g/mol. The number of hydrogen-bond donors (Lipinski definition) is 1. The van der Waals surface area contributed by atoms with E-state index in [0.29, 0.717) is 0 Å². The summed E-state index contributed by atoms with van der Waals surface area (Å²) in [7, 11) is 0. The Labute approximate surface area is 102 Å². The van der Waals surface area contributed by atoms with Gasteiger partial charge in [0, 0.05) is 17.0 Å². The van der Waals surface area contributed by atoms with Crippen LogP contribution < -0.4 is 0 Å². The molecule has 3 rings (SSSR count). The Morgan fingerprint density at radius 1 is 1.24 bits per heavy atom. The summed E-state index contributed by atoms with van der Waals surface area (Å²) in [6.07, 6.45) is 2.63. The Morgan fingerprint density at radius 2 is 1.94 bits per heavy atom. The van der Waals surface area contributed by atoms with Crippen molar-refractivity contribution in [2.75, 3.05) is 0 Å². The van der Waals surface area contributed by atoms with E-state index < -0.39 is 0 Å². The van der Waals surface area contributed by atoms with Crippen LogP contribution in [0.5, 0.6) is 0 Å². The summed E-state index contributed by atoms with van der Waals surface area (Å²) in [5.74, 6) is 0.725. The van der Waals surface area contributed by atoms with E-state index >= 15 is 0 Å². The molecule has 0 aliphatic heterocycles. The zero-order chi connectivity index (χ0) is 12.2. The van der Waals surface area contributed by atoms with Crippen molar-refractivity contribution in [3.05, 3.63) is 29.0 Å². The van der Waals surface area contributed by atoms with Crippen molar-refractivity contribution >= 4 is 10.9 Å². The molecule has 0 amide bonds. The van der Waals surface area contributed by atoms with Crippen LogP contribution in [0.2, 0.25) is 0 Å². The second kappa shape index (κ2) is 3.34. The van der Waals surface area contributed by atoms with Gasteiger partial charge in [0.05, 0.1) is 5.52 Å². The molecule has 1 aromatic heterocycles. The topological polar surface area (TPSA) is 28.7 Å². The van der Waals surface area contributed by atoms with Crippen LogP contribution in [0.25, 0.3) is 10.9 Å². The molecule has 90 valence electrons. The SMILES string of the molecule is Cc1ccc2n[nH]c(C3CC3)c2c1C(C)(C)C. The Hall–Kier alpha value is -1.31. The summed E-state index contributed by atoms with van der Waals surface area (Å²) < 4.78 is 0. The van der Waals surface area contributed by atoms with Crippen LogP contribution in [0.15, 0.2) is 12.1 Å². The van der Waals surface area contributed by atoms with Crippen LogP contribution in [0.3, 0.4) is 0 Å². The quantitative estimate of drug-likeness (QED) is 0.783. The zero-order valence-electron chi connectivity index (χ0n) is 11.1. The highest BCUT2D eigenvalue weighted by molar-refractivity contribution is 5.87. The number of hydrogen-bond acceptors (Lipinski definition) is 1. The van der Waals surface area contributed by atoms with Crippen molar-refractivity contribution in [2.45, 2.75) is 51.9 Å². The minimum atomic E-state index is 0.178. The number of aromatic nitrogens is 2.